The molecule has 6 rings (SSSR count). The average Bonchev–Trinajstić information content (AvgIpc) is 3.12. The highest BCUT2D eigenvalue weighted by molar-refractivity contribution is 5.62. The van der Waals surface area contributed by atoms with E-state index in [1.165, 1.54) is 0 Å². The molecule has 0 bridgehead atoms. The Morgan fingerprint density at radius 3 is 1.08 bits per heavy atom. The molecule has 0 spiro atoms. The van der Waals surface area contributed by atoms with E-state index in [1.54, 1.807) is 12.1 Å². The average molecular weight is 699 g/mol. The third kappa shape index (κ3) is 10.7. The van der Waals surface area contributed by atoms with Gasteiger partial charge in [0.05, 0.1) is 0 Å². The summed E-state index contributed by atoms with van der Waals surface area (Å²) in [4.78, 5) is 27.5. The number of aromatic nitrogens is 6. The number of nitrogens with zero attached hydrogens (tertiary/aromatic N) is 6. The van der Waals surface area contributed by atoms with Gasteiger partial charge in [0.15, 0.2) is 0 Å². The summed E-state index contributed by atoms with van der Waals surface area (Å²) in [6, 6.07) is 30.3. The van der Waals surface area contributed by atoms with Crippen molar-refractivity contribution < 1.29 is 0 Å². The van der Waals surface area contributed by atoms with E-state index in [-0.39, 0.29) is 0 Å². The summed E-state index contributed by atoms with van der Waals surface area (Å²) < 4.78 is 0. The highest BCUT2D eigenvalue weighted by Gasteiger charge is 2.10. The van der Waals surface area contributed by atoms with Crippen molar-refractivity contribution >= 4 is 69.8 Å². The van der Waals surface area contributed by atoms with E-state index in [0.29, 0.717) is 73.2 Å². The molecule has 0 unspecified atom stereocenters. The predicted molar refractivity (Wildman–Crippen MR) is 211 cm³/mol. The highest BCUT2D eigenvalue weighted by Crippen LogP contribution is 2.20. The molecule has 0 amide bonds. The molecule has 52 heavy (non-hydrogen) atoms. The molecule has 14 N–H and O–H groups in total. The Balaban J connectivity index is 1.11. The molecule has 16 nitrogen and oxygen atoms in total. The normalized spacial score (nSPS) is 10.7. The van der Waals surface area contributed by atoms with Crippen LogP contribution in [0.2, 0.25) is 0 Å². The highest BCUT2D eigenvalue weighted by atomic mass is 15.3. The van der Waals surface area contributed by atoms with E-state index in [1.807, 2.05) is 84.9 Å². The van der Waals surface area contributed by atoms with Gasteiger partial charge >= 0.3 is 0 Å². The molecular weight excluding hydrogens is 657 g/mol. The summed E-state index contributed by atoms with van der Waals surface area (Å²) in [6.07, 6.45) is 1.52. The molecular formula is C36H42N16. The Morgan fingerprint density at radius 2 is 0.712 bits per heavy atom. The van der Waals surface area contributed by atoms with Crippen molar-refractivity contribution in [3.05, 3.63) is 108 Å². The minimum atomic E-state index is 0.357. The van der Waals surface area contributed by atoms with Gasteiger partial charge in [-0.15, -0.1) is 0 Å². The van der Waals surface area contributed by atoms with E-state index in [0.717, 1.165) is 46.7 Å². The molecule has 0 saturated carbocycles. The van der Waals surface area contributed by atoms with Gasteiger partial charge in [0, 0.05) is 60.3 Å². The van der Waals surface area contributed by atoms with Crippen LogP contribution in [0.3, 0.4) is 0 Å². The first kappa shape index (κ1) is 34.8. The number of benzene rings is 4. The zero-order valence-electron chi connectivity index (χ0n) is 28.5. The number of nitrogen functional groups attached to an aromatic ring is 4. The summed E-state index contributed by atoms with van der Waals surface area (Å²) in [6.45, 7) is 2.09. The largest absolute Gasteiger partial charge is 0.399 e. The summed E-state index contributed by atoms with van der Waals surface area (Å²) in [5.74, 6) is 2.30. The first-order valence-electron chi connectivity index (χ1n) is 16.7. The van der Waals surface area contributed by atoms with Gasteiger partial charge in [-0.2, -0.15) is 29.9 Å². The van der Waals surface area contributed by atoms with Crippen molar-refractivity contribution in [2.75, 3.05) is 81.0 Å². The van der Waals surface area contributed by atoms with E-state index >= 15 is 0 Å². The van der Waals surface area contributed by atoms with E-state index in [2.05, 4.69) is 61.8 Å². The maximum absolute atomic E-state index is 5.98. The minimum absolute atomic E-state index is 0.357. The van der Waals surface area contributed by atoms with Crippen LogP contribution in [0, 0.1) is 0 Å². The number of anilines is 12. The van der Waals surface area contributed by atoms with Crippen molar-refractivity contribution in [1.82, 2.24) is 29.9 Å². The fourth-order valence-electron chi connectivity index (χ4n) is 5.03. The van der Waals surface area contributed by atoms with Gasteiger partial charge in [0.1, 0.15) is 0 Å². The summed E-state index contributed by atoms with van der Waals surface area (Å²) >= 11 is 0. The quantitative estimate of drug-likeness (QED) is 0.0457. The van der Waals surface area contributed by atoms with Gasteiger partial charge in [-0.25, -0.2) is 0 Å². The second-order valence-corrected chi connectivity index (χ2v) is 11.8. The van der Waals surface area contributed by atoms with Crippen molar-refractivity contribution in [1.29, 1.82) is 0 Å². The second kappa shape index (κ2) is 17.0. The van der Waals surface area contributed by atoms with Gasteiger partial charge in [0.2, 0.25) is 35.7 Å². The maximum Gasteiger partial charge on any atom is 0.233 e. The third-order valence-corrected chi connectivity index (χ3v) is 7.60. The number of rotatable bonds is 17. The lowest BCUT2D eigenvalue weighted by Crippen LogP contribution is -2.19. The molecule has 0 fully saturated rings. The van der Waals surface area contributed by atoms with E-state index in [9.17, 15) is 0 Å². The van der Waals surface area contributed by atoms with Crippen molar-refractivity contribution in [2.45, 2.75) is 12.8 Å². The number of nitrogens with two attached hydrogens (primary N) is 4. The van der Waals surface area contributed by atoms with Crippen LogP contribution in [0.1, 0.15) is 11.1 Å². The first-order chi connectivity index (χ1) is 25.3. The molecule has 0 aliphatic carbocycles. The lowest BCUT2D eigenvalue weighted by atomic mass is 10.1. The Hall–Kier alpha value is -7.10. The fourth-order valence-corrected chi connectivity index (χ4v) is 5.03. The molecule has 0 atom stereocenters. The number of hydrogen-bond acceptors (Lipinski definition) is 16. The smallest absolute Gasteiger partial charge is 0.233 e. The third-order valence-electron chi connectivity index (χ3n) is 7.60. The van der Waals surface area contributed by atoms with Crippen LogP contribution in [0.25, 0.3) is 0 Å². The molecule has 2 heterocycles. The van der Waals surface area contributed by atoms with Crippen LogP contribution < -0.4 is 54.8 Å². The molecule has 0 aliphatic rings. The van der Waals surface area contributed by atoms with Gasteiger partial charge < -0.3 is 54.8 Å². The molecule has 6 aromatic rings. The van der Waals surface area contributed by atoms with Gasteiger partial charge in [0.25, 0.3) is 0 Å². The van der Waals surface area contributed by atoms with Gasteiger partial charge in [-0.05, 0) is 84.6 Å². The molecule has 16 heteroatoms. The number of hydrogen-bond donors (Lipinski definition) is 10. The van der Waals surface area contributed by atoms with Crippen molar-refractivity contribution in [3.63, 3.8) is 0 Å². The van der Waals surface area contributed by atoms with Crippen molar-refractivity contribution in [2.24, 2.45) is 0 Å². The lowest BCUT2D eigenvalue weighted by molar-refractivity contribution is 0.939. The van der Waals surface area contributed by atoms with Crippen LogP contribution in [0.5, 0.6) is 0 Å². The standard InChI is InChI=1S/C36H42N16/c37-25-11-7-23(8-12-25)15-17-41-31-47-33(51-35(49-31)45-29-5-1-3-27(39)21-29)43-19-20-44-34-48-32(42-18-16-24-9-13-26(38)14-10-24)50-36(52-34)46-30-6-2-4-28(40)22-30/h1-14,21-22H,15-20,37-40H2,(H3,41,43,45,47,49,51)(H3,42,44,46,48,50,52). The van der Waals surface area contributed by atoms with Crippen LogP contribution in [-0.2, 0) is 12.8 Å². The Kier molecular flexibility index (Phi) is 11.4. The van der Waals surface area contributed by atoms with Crippen molar-refractivity contribution in [3.8, 4) is 0 Å². The van der Waals surface area contributed by atoms with Gasteiger partial charge in [-0.1, -0.05) is 36.4 Å². The molecule has 0 saturated heterocycles. The Bertz CT molecular complexity index is 1910. The summed E-state index contributed by atoms with van der Waals surface area (Å²) in [5, 5.41) is 19.6. The van der Waals surface area contributed by atoms with Gasteiger partial charge in [-0.3, -0.25) is 0 Å². The molecule has 2 aromatic heterocycles. The topological polar surface area (TPSA) is 254 Å². The number of nitrogens with one attached hydrogen (secondary N) is 6. The zero-order chi connectivity index (χ0) is 36.1. The molecule has 0 aliphatic heterocycles. The maximum atomic E-state index is 5.98. The second-order valence-electron chi connectivity index (χ2n) is 11.8. The monoisotopic (exact) mass is 698 g/mol. The lowest BCUT2D eigenvalue weighted by Gasteiger charge is -2.13. The van der Waals surface area contributed by atoms with Crippen LogP contribution in [0.15, 0.2) is 97.1 Å². The molecule has 266 valence electrons. The fraction of sp³-hybridized carbons (Fsp3) is 0.167. The minimum Gasteiger partial charge on any atom is -0.399 e. The summed E-state index contributed by atoms with van der Waals surface area (Å²) in [7, 11) is 0. The van der Waals surface area contributed by atoms with Crippen LogP contribution in [-0.4, -0.2) is 56.1 Å². The SMILES string of the molecule is Nc1ccc(CCNc2nc(NCCNc3nc(NCCc4ccc(N)cc4)nc(Nc4cccc(N)c4)n3)nc(Nc3cccc(N)c3)n2)cc1. The Labute approximate surface area is 301 Å². The summed E-state index contributed by atoms with van der Waals surface area (Å²) in [5.41, 5.74) is 30.1. The van der Waals surface area contributed by atoms with E-state index < -0.39 is 0 Å². The Morgan fingerprint density at radius 1 is 0.365 bits per heavy atom. The molecule has 4 aromatic carbocycles. The van der Waals surface area contributed by atoms with E-state index in [4.69, 9.17) is 22.9 Å². The first-order valence-corrected chi connectivity index (χ1v) is 16.7. The molecule has 0 radical (unpaired) electrons. The zero-order valence-corrected chi connectivity index (χ0v) is 28.5. The van der Waals surface area contributed by atoms with Crippen LogP contribution in [0.4, 0.5) is 69.8 Å². The van der Waals surface area contributed by atoms with Crippen LogP contribution >= 0.6 is 0 Å². The predicted octanol–water partition coefficient (Wildman–Crippen LogP) is 4.71.